The lowest BCUT2D eigenvalue weighted by atomic mass is 9.89. The van der Waals surface area contributed by atoms with Crippen LogP contribution in [0.4, 0.5) is 0 Å². The molecule has 0 aliphatic heterocycles. The van der Waals surface area contributed by atoms with E-state index in [0.29, 0.717) is 42.6 Å². The van der Waals surface area contributed by atoms with Crippen molar-refractivity contribution < 1.29 is 19.0 Å². The van der Waals surface area contributed by atoms with Crippen molar-refractivity contribution in [1.82, 2.24) is 0 Å². The van der Waals surface area contributed by atoms with Gasteiger partial charge in [-0.25, -0.2) is 0 Å². The highest BCUT2D eigenvalue weighted by molar-refractivity contribution is 6.14. The number of hydrogen-bond acceptors (Lipinski definition) is 4. The van der Waals surface area contributed by atoms with Gasteiger partial charge < -0.3 is 14.2 Å². The molecule has 2 aromatic carbocycles. The lowest BCUT2D eigenvalue weighted by molar-refractivity contribution is 0.102. The molecule has 0 radical (unpaired) electrons. The van der Waals surface area contributed by atoms with E-state index in [2.05, 4.69) is 40.7 Å². The molecule has 0 saturated heterocycles. The molecule has 0 aromatic heterocycles. The highest BCUT2D eigenvalue weighted by Gasteiger charge is 2.26. The van der Waals surface area contributed by atoms with E-state index in [4.69, 9.17) is 14.2 Å². The molecule has 0 bridgehead atoms. The molecule has 0 fully saturated rings. The van der Waals surface area contributed by atoms with Crippen molar-refractivity contribution in [2.75, 3.05) is 19.8 Å². The van der Waals surface area contributed by atoms with Crippen molar-refractivity contribution in [3.8, 4) is 17.2 Å². The molecule has 2 aromatic rings. The van der Waals surface area contributed by atoms with E-state index in [-0.39, 0.29) is 5.78 Å². The molecule has 0 aliphatic rings. The number of rotatable bonds is 17. The van der Waals surface area contributed by atoms with Gasteiger partial charge in [-0.2, -0.15) is 0 Å². The Labute approximate surface area is 219 Å². The van der Waals surface area contributed by atoms with Crippen LogP contribution in [-0.2, 0) is 0 Å². The van der Waals surface area contributed by atoms with E-state index in [1.54, 1.807) is 0 Å². The summed E-state index contributed by atoms with van der Waals surface area (Å²) >= 11 is 0. The van der Waals surface area contributed by atoms with Crippen molar-refractivity contribution in [3.05, 3.63) is 51.6 Å². The Morgan fingerprint density at radius 3 is 1.53 bits per heavy atom. The number of ketones is 1. The van der Waals surface area contributed by atoms with Crippen LogP contribution in [0.1, 0.15) is 117 Å². The first-order valence-corrected chi connectivity index (χ1v) is 14.0. The summed E-state index contributed by atoms with van der Waals surface area (Å²) in [7, 11) is 0. The van der Waals surface area contributed by atoms with E-state index in [1.165, 1.54) is 5.56 Å². The van der Waals surface area contributed by atoms with Crippen LogP contribution in [0.2, 0.25) is 0 Å². The second kappa shape index (κ2) is 15.6. The third-order valence-corrected chi connectivity index (χ3v) is 6.88. The zero-order valence-corrected chi connectivity index (χ0v) is 23.9. The van der Waals surface area contributed by atoms with E-state index in [1.807, 2.05) is 26.0 Å². The number of benzene rings is 2. The standard InChI is InChI=1S/C32H48O4/c1-8-11-14-17-34-27-21-28(35-18-15-12-9-2)31(29(22-27)36-19-16-13-10-3)32(33)30-24(5)20-23(4)25(6)26(30)7/h20-22H,8-19H2,1-7H3. The monoisotopic (exact) mass is 496 g/mol. The Bertz CT molecular complexity index is 944. The molecule has 0 amide bonds. The van der Waals surface area contributed by atoms with Crippen LogP contribution in [0.25, 0.3) is 0 Å². The average molecular weight is 497 g/mol. The Hall–Kier alpha value is -2.49. The highest BCUT2D eigenvalue weighted by atomic mass is 16.5. The van der Waals surface area contributed by atoms with Crippen LogP contribution >= 0.6 is 0 Å². The van der Waals surface area contributed by atoms with Gasteiger partial charge in [-0.05, 0) is 69.2 Å². The number of aryl methyl sites for hydroxylation is 2. The van der Waals surface area contributed by atoms with E-state index in [0.717, 1.165) is 80.0 Å². The van der Waals surface area contributed by atoms with Crippen LogP contribution in [-0.4, -0.2) is 25.6 Å². The molecular formula is C32H48O4. The van der Waals surface area contributed by atoms with Crippen molar-refractivity contribution in [3.63, 3.8) is 0 Å². The average Bonchev–Trinajstić information content (AvgIpc) is 2.85. The summed E-state index contributed by atoms with van der Waals surface area (Å²) in [6.45, 7) is 16.5. The van der Waals surface area contributed by atoms with Gasteiger partial charge in [-0.15, -0.1) is 0 Å². The van der Waals surface area contributed by atoms with Crippen molar-refractivity contribution in [2.24, 2.45) is 0 Å². The predicted octanol–water partition coefficient (Wildman–Crippen LogP) is 8.86. The molecule has 0 unspecified atom stereocenters. The quantitative estimate of drug-likeness (QED) is 0.162. The molecule has 200 valence electrons. The summed E-state index contributed by atoms with van der Waals surface area (Å²) in [5.74, 6) is 1.78. The Morgan fingerprint density at radius 1 is 0.583 bits per heavy atom. The van der Waals surface area contributed by atoms with Crippen LogP contribution in [0.3, 0.4) is 0 Å². The maximum absolute atomic E-state index is 14.2. The van der Waals surface area contributed by atoms with E-state index < -0.39 is 0 Å². The van der Waals surface area contributed by atoms with E-state index in [9.17, 15) is 4.79 Å². The van der Waals surface area contributed by atoms with Crippen molar-refractivity contribution in [1.29, 1.82) is 0 Å². The van der Waals surface area contributed by atoms with Crippen LogP contribution in [0.15, 0.2) is 18.2 Å². The summed E-state index contributed by atoms with van der Waals surface area (Å²) in [6.07, 6.45) is 9.56. The SMILES string of the molecule is CCCCCOc1cc(OCCCCC)c(C(=O)c2c(C)cc(C)c(C)c2C)c(OCCCCC)c1. The fraction of sp³-hybridized carbons (Fsp3) is 0.594. The molecule has 0 N–H and O–H groups in total. The first-order valence-electron chi connectivity index (χ1n) is 14.0. The normalized spacial score (nSPS) is 11.0. The number of carbonyl (C=O) groups is 1. The minimum Gasteiger partial charge on any atom is -0.493 e. The number of hydrogen-bond donors (Lipinski definition) is 0. The fourth-order valence-electron chi connectivity index (χ4n) is 4.47. The maximum Gasteiger partial charge on any atom is 0.201 e. The molecule has 4 nitrogen and oxygen atoms in total. The molecule has 0 spiro atoms. The third-order valence-electron chi connectivity index (χ3n) is 6.88. The lowest BCUT2D eigenvalue weighted by Crippen LogP contribution is -2.14. The molecule has 0 atom stereocenters. The summed E-state index contributed by atoms with van der Waals surface area (Å²) < 4.78 is 18.6. The first kappa shape index (κ1) is 29.7. The number of unbranched alkanes of at least 4 members (excludes halogenated alkanes) is 6. The Morgan fingerprint density at radius 2 is 1.06 bits per heavy atom. The largest absolute Gasteiger partial charge is 0.493 e. The summed E-state index contributed by atoms with van der Waals surface area (Å²) in [6, 6.07) is 5.87. The first-order chi connectivity index (χ1) is 17.3. The zero-order valence-electron chi connectivity index (χ0n) is 23.9. The van der Waals surface area contributed by atoms with Crippen molar-refractivity contribution >= 4 is 5.78 Å². The summed E-state index contributed by atoms with van der Waals surface area (Å²) in [5, 5.41) is 0. The minimum atomic E-state index is -0.0402. The molecular weight excluding hydrogens is 448 g/mol. The molecule has 36 heavy (non-hydrogen) atoms. The van der Waals surface area contributed by atoms with Gasteiger partial charge in [0.1, 0.15) is 22.8 Å². The second-order valence-corrected chi connectivity index (χ2v) is 9.93. The molecule has 0 heterocycles. The van der Waals surface area contributed by atoms with Gasteiger partial charge in [-0.3, -0.25) is 4.79 Å². The van der Waals surface area contributed by atoms with Gasteiger partial charge in [0.25, 0.3) is 0 Å². The highest BCUT2D eigenvalue weighted by Crippen LogP contribution is 2.38. The van der Waals surface area contributed by atoms with Gasteiger partial charge in [0.05, 0.1) is 19.8 Å². The molecule has 0 aliphatic carbocycles. The minimum absolute atomic E-state index is 0.0402. The van der Waals surface area contributed by atoms with Crippen LogP contribution < -0.4 is 14.2 Å². The summed E-state index contributed by atoms with van der Waals surface area (Å²) in [4.78, 5) is 14.2. The smallest absolute Gasteiger partial charge is 0.201 e. The summed E-state index contributed by atoms with van der Waals surface area (Å²) in [5.41, 5.74) is 5.60. The van der Waals surface area contributed by atoms with Crippen molar-refractivity contribution in [2.45, 2.75) is 106 Å². The van der Waals surface area contributed by atoms with Crippen LogP contribution in [0, 0.1) is 27.7 Å². The Kier molecular flexibility index (Phi) is 12.9. The predicted molar refractivity (Wildman–Crippen MR) is 150 cm³/mol. The Balaban J connectivity index is 2.56. The second-order valence-electron chi connectivity index (χ2n) is 9.93. The lowest BCUT2D eigenvalue weighted by Gasteiger charge is -2.20. The van der Waals surface area contributed by atoms with Gasteiger partial charge in [-0.1, -0.05) is 65.4 Å². The third kappa shape index (κ3) is 8.28. The van der Waals surface area contributed by atoms with E-state index >= 15 is 0 Å². The number of carbonyl (C=O) groups excluding carboxylic acids is 1. The van der Waals surface area contributed by atoms with Gasteiger partial charge in [0.15, 0.2) is 0 Å². The number of ether oxygens (including phenoxy) is 3. The van der Waals surface area contributed by atoms with Gasteiger partial charge >= 0.3 is 0 Å². The van der Waals surface area contributed by atoms with Crippen LogP contribution in [0.5, 0.6) is 17.2 Å². The zero-order chi connectivity index (χ0) is 26.5. The molecule has 2 rings (SSSR count). The van der Waals surface area contributed by atoms with Gasteiger partial charge in [0.2, 0.25) is 5.78 Å². The molecule has 4 heteroatoms. The fourth-order valence-corrected chi connectivity index (χ4v) is 4.47. The maximum atomic E-state index is 14.2. The molecule has 0 saturated carbocycles. The topological polar surface area (TPSA) is 44.8 Å². The van der Waals surface area contributed by atoms with Gasteiger partial charge in [0, 0.05) is 17.7 Å².